The van der Waals surface area contributed by atoms with Crippen LogP contribution in [0, 0.1) is 0 Å². The van der Waals surface area contributed by atoms with Crippen molar-refractivity contribution < 1.29 is 9.63 Å². The molecule has 0 bridgehead atoms. The Bertz CT molecular complexity index is 328. The number of nitrogens with one attached hydrogen (secondary N) is 1. The summed E-state index contributed by atoms with van der Waals surface area (Å²) in [7, 11) is 1.91. The highest BCUT2D eigenvalue weighted by atomic mass is 16.5. The van der Waals surface area contributed by atoms with Crippen molar-refractivity contribution in [1.82, 2.24) is 15.5 Å². The molecule has 1 aromatic rings. The van der Waals surface area contributed by atoms with Gasteiger partial charge in [-0.3, -0.25) is 0 Å². The average Bonchev–Trinajstić information content (AvgIpc) is 2.84. The Hall–Kier alpha value is -1.14. The SMILES string of the molecule is CCN(C)c1noc([C@H]2C[C@H](O)CN2)n1. The Kier molecular flexibility index (Phi) is 2.88. The molecule has 6 heteroatoms. The molecular formula is C9H16N4O2. The average molecular weight is 212 g/mol. The summed E-state index contributed by atoms with van der Waals surface area (Å²) < 4.78 is 5.14. The Labute approximate surface area is 88.3 Å². The topological polar surface area (TPSA) is 74.4 Å². The molecule has 1 saturated heterocycles. The van der Waals surface area contributed by atoms with Crippen LogP contribution in [0.3, 0.4) is 0 Å². The van der Waals surface area contributed by atoms with Crippen LogP contribution < -0.4 is 10.2 Å². The number of aliphatic hydroxyl groups is 1. The molecule has 15 heavy (non-hydrogen) atoms. The van der Waals surface area contributed by atoms with Gasteiger partial charge >= 0.3 is 0 Å². The molecule has 0 unspecified atom stereocenters. The van der Waals surface area contributed by atoms with Crippen LogP contribution in [-0.2, 0) is 0 Å². The molecule has 6 nitrogen and oxygen atoms in total. The summed E-state index contributed by atoms with van der Waals surface area (Å²) in [5, 5.41) is 16.4. The number of hydrogen-bond acceptors (Lipinski definition) is 6. The molecule has 2 heterocycles. The molecule has 2 atom stereocenters. The van der Waals surface area contributed by atoms with Gasteiger partial charge in [-0.15, -0.1) is 0 Å². The number of rotatable bonds is 3. The maximum Gasteiger partial charge on any atom is 0.265 e. The van der Waals surface area contributed by atoms with E-state index in [1.807, 2.05) is 18.9 Å². The summed E-state index contributed by atoms with van der Waals surface area (Å²) in [5.41, 5.74) is 0. The van der Waals surface area contributed by atoms with Gasteiger partial charge in [0, 0.05) is 20.1 Å². The van der Waals surface area contributed by atoms with Gasteiger partial charge in [-0.1, -0.05) is 0 Å². The van der Waals surface area contributed by atoms with Crippen LogP contribution in [0.15, 0.2) is 4.52 Å². The van der Waals surface area contributed by atoms with Crippen molar-refractivity contribution in [3.63, 3.8) is 0 Å². The van der Waals surface area contributed by atoms with E-state index >= 15 is 0 Å². The van der Waals surface area contributed by atoms with Gasteiger partial charge in [0.25, 0.3) is 5.95 Å². The molecule has 0 aromatic carbocycles. The van der Waals surface area contributed by atoms with Crippen LogP contribution in [-0.4, -0.2) is 41.5 Å². The second kappa shape index (κ2) is 4.16. The van der Waals surface area contributed by atoms with E-state index in [0.29, 0.717) is 24.8 Å². The zero-order chi connectivity index (χ0) is 10.8. The second-order valence-corrected chi connectivity index (χ2v) is 3.80. The fourth-order valence-corrected chi connectivity index (χ4v) is 1.57. The number of aromatic nitrogens is 2. The molecule has 0 saturated carbocycles. The van der Waals surface area contributed by atoms with Crippen LogP contribution >= 0.6 is 0 Å². The summed E-state index contributed by atoms with van der Waals surface area (Å²) in [4.78, 5) is 6.17. The minimum Gasteiger partial charge on any atom is -0.392 e. The van der Waals surface area contributed by atoms with E-state index in [4.69, 9.17) is 4.52 Å². The third-order valence-corrected chi connectivity index (χ3v) is 2.65. The van der Waals surface area contributed by atoms with Gasteiger partial charge in [0.1, 0.15) is 0 Å². The van der Waals surface area contributed by atoms with Crippen LogP contribution in [0.25, 0.3) is 0 Å². The van der Waals surface area contributed by atoms with E-state index in [1.165, 1.54) is 0 Å². The highest BCUT2D eigenvalue weighted by molar-refractivity contribution is 5.25. The second-order valence-electron chi connectivity index (χ2n) is 3.80. The lowest BCUT2D eigenvalue weighted by molar-refractivity contribution is 0.191. The zero-order valence-corrected chi connectivity index (χ0v) is 8.97. The summed E-state index contributed by atoms with van der Waals surface area (Å²) in [6.45, 7) is 3.44. The van der Waals surface area contributed by atoms with E-state index in [0.717, 1.165) is 6.54 Å². The predicted octanol–water partition coefficient (Wildman–Crippen LogP) is -0.0790. The van der Waals surface area contributed by atoms with Crippen LogP contribution in [0.5, 0.6) is 0 Å². The Morgan fingerprint density at radius 3 is 3.07 bits per heavy atom. The Morgan fingerprint density at radius 2 is 2.47 bits per heavy atom. The van der Waals surface area contributed by atoms with Gasteiger partial charge in [0.2, 0.25) is 5.89 Å². The molecule has 2 rings (SSSR count). The van der Waals surface area contributed by atoms with Gasteiger partial charge in [-0.05, 0) is 18.5 Å². The minimum absolute atomic E-state index is 0.00786. The van der Waals surface area contributed by atoms with E-state index in [-0.39, 0.29) is 12.1 Å². The molecule has 2 N–H and O–H groups in total. The molecule has 84 valence electrons. The van der Waals surface area contributed by atoms with E-state index < -0.39 is 0 Å². The maximum absolute atomic E-state index is 9.36. The smallest absolute Gasteiger partial charge is 0.265 e. The van der Waals surface area contributed by atoms with Crippen molar-refractivity contribution in [2.45, 2.75) is 25.5 Å². The van der Waals surface area contributed by atoms with E-state index in [1.54, 1.807) is 0 Å². The van der Waals surface area contributed by atoms with Gasteiger partial charge < -0.3 is 19.8 Å². The summed E-state index contributed by atoms with van der Waals surface area (Å²) in [6, 6.07) is -0.00786. The lowest BCUT2D eigenvalue weighted by Crippen LogP contribution is -2.18. The summed E-state index contributed by atoms with van der Waals surface area (Å²) in [5.74, 6) is 1.15. The van der Waals surface area contributed by atoms with Crippen molar-refractivity contribution in [3.05, 3.63) is 5.89 Å². The monoisotopic (exact) mass is 212 g/mol. The van der Waals surface area contributed by atoms with Crippen LogP contribution in [0.4, 0.5) is 5.95 Å². The predicted molar refractivity (Wildman–Crippen MR) is 54.6 cm³/mol. The number of aliphatic hydroxyl groups excluding tert-OH is 1. The number of nitrogens with zero attached hydrogens (tertiary/aromatic N) is 3. The Morgan fingerprint density at radius 1 is 1.67 bits per heavy atom. The number of anilines is 1. The van der Waals surface area contributed by atoms with Crippen molar-refractivity contribution in [3.8, 4) is 0 Å². The molecule has 0 radical (unpaired) electrons. The molecule has 0 amide bonds. The van der Waals surface area contributed by atoms with E-state index in [2.05, 4.69) is 15.5 Å². The lowest BCUT2D eigenvalue weighted by atomic mass is 10.2. The highest BCUT2D eigenvalue weighted by Gasteiger charge is 2.28. The van der Waals surface area contributed by atoms with Crippen molar-refractivity contribution in [2.24, 2.45) is 0 Å². The molecule has 0 spiro atoms. The van der Waals surface area contributed by atoms with Crippen LogP contribution in [0.1, 0.15) is 25.3 Å². The quantitative estimate of drug-likeness (QED) is 0.730. The fraction of sp³-hybridized carbons (Fsp3) is 0.778. The van der Waals surface area contributed by atoms with Crippen LogP contribution in [0.2, 0.25) is 0 Å². The fourth-order valence-electron chi connectivity index (χ4n) is 1.57. The first-order valence-corrected chi connectivity index (χ1v) is 5.17. The number of β-amino-alcohol motifs (C(OH)–C–C–N with tert-alkyl or cyclic N) is 1. The highest BCUT2D eigenvalue weighted by Crippen LogP contribution is 2.23. The van der Waals surface area contributed by atoms with E-state index in [9.17, 15) is 5.11 Å². The molecular weight excluding hydrogens is 196 g/mol. The first-order valence-electron chi connectivity index (χ1n) is 5.17. The van der Waals surface area contributed by atoms with Crippen molar-refractivity contribution in [2.75, 3.05) is 25.0 Å². The number of hydrogen-bond donors (Lipinski definition) is 2. The molecule has 0 aliphatic carbocycles. The summed E-state index contributed by atoms with van der Waals surface area (Å²) >= 11 is 0. The zero-order valence-electron chi connectivity index (χ0n) is 8.97. The maximum atomic E-state index is 9.36. The molecule has 1 fully saturated rings. The first kappa shape index (κ1) is 10.4. The third kappa shape index (κ3) is 2.10. The lowest BCUT2D eigenvalue weighted by Gasteiger charge is -2.09. The normalized spacial score (nSPS) is 25.8. The van der Waals surface area contributed by atoms with Crippen molar-refractivity contribution >= 4 is 5.95 Å². The standard InChI is InChI=1S/C9H16N4O2/c1-3-13(2)9-11-8(15-12-9)7-4-6(14)5-10-7/h6-7,10,14H,3-5H2,1-2H3/t6-,7+/m0/s1. The molecule has 1 aliphatic rings. The van der Waals surface area contributed by atoms with Gasteiger partial charge in [-0.2, -0.15) is 4.98 Å². The molecule has 1 aliphatic heterocycles. The third-order valence-electron chi connectivity index (χ3n) is 2.65. The summed E-state index contributed by atoms with van der Waals surface area (Å²) in [6.07, 6.45) is 0.326. The van der Waals surface area contributed by atoms with Gasteiger partial charge in [0.15, 0.2) is 0 Å². The minimum atomic E-state index is -0.311. The van der Waals surface area contributed by atoms with Crippen molar-refractivity contribution in [1.29, 1.82) is 0 Å². The van der Waals surface area contributed by atoms with Gasteiger partial charge in [-0.25, -0.2) is 0 Å². The first-order chi connectivity index (χ1) is 7.20. The van der Waals surface area contributed by atoms with Gasteiger partial charge in [0.05, 0.1) is 12.1 Å². The largest absolute Gasteiger partial charge is 0.392 e. The Balaban J connectivity index is 2.07. The molecule has 1 aromatic heterocycles.